The Bertz CT molecular complexity index is 1160. The van der Waals surface area contributed by atoms with E-state index in [0.29, 0.717) is 22.8 Å². The molecule has 10 nitrogen and oxygen atoms in total. The fourth-order valence-electron chi connectivity index (χ4n) is 3.10. The number of fused-ring (bicyclic) bond motifs is 1. The lowest BCUT2D eigenvalue weighted by Crippen LogP contribution is -2.14. The number of anilines is 1. The van der Waals surface area contributed by atoms with Crippen molar-refractivity contribution in [1.29, 1.82) is 0 Å². The van der Waals surface area contributed by atoms with Crippen molar-refractivity contribution in [3.05, 3.63) is 51.5 Å². The molecule has 0 fully saturated rings. The second-order valence-corrected chi connectivity index (χ2v) is 8.92. The van der Waals surface area contributed by atoms with Crippen LogP contribution in [0.3, 0.4) is 0 Å². The molecule has 1 amide bonds. The maximum Gasteiger partial charge on any atom is 0.306 e. The number of nitro benzene ring substituents is 1. The summed E-state index contributed by atoms with van der Waals surface area (Å²) in [5, 5.41) is 21.6. The van der Waals surface area contributed by atoms with Gasteiger partial charge < -0.3 is 10.1 Å². The molecular weight excluding hydrogens is 484 g/mol. The first-order valence-corrected chi connectivity index (χ1v) is 12.0. The molecule has 0 saturated carbocycles. The highest BCUT2D eigenvalue weighted by Gasteiger charge is 2.19. The van der Waals surface area contributed by atoms with Gasteiger partial charge in [0.2, 0.25) is 11.4 Å². The molecule has 180 valence electrons. The number of hydrogen-bond acceptors (Lipinski definition) is 9. The molecule has 0 bridgehead atoms. The number of nitrogens with one attached hydrogen (secondary N) is 1. The number of rotatable bonds is 13. The number of esters is 1. The second kappa shape index (κ2) is 12.9. The molecule has 34 heavy (non-hydrogen) atoms. The average Bonchev–Trinajstić information content (AvgIpc) is 3.29. The molecule has 0 unspecified atom stereocenters. The number of hydrogen-bond donors (Lipinski definition) is 1. The molecule has 0 radical (unpaired) electrons. The monoisotopic (exact) mass is 506 g/mol. The van der Waals surface area contributed by atoms with Gasteiger partial charge in [0.1, 0.15) is 0 Å². The summed E-state index contributed by atoms with van der Waals surface area (Å²) in [6.07, 6.45) is 3.55. The van der Waals surface area contributed by atoms with Crippen LogP contribution in [0.25, 0.3) is 11.0 Å². The van der Waals surface area contributed by atoms with Crippen LogP contribution in [0.5, 0.6) is 0 Å². The zero-order chi connectivity index (χ0) is 24.3. The number of nitro groups is 1. The highest BCUT2D eigenvalue weighted by molar-refractivity contribution is 7.99. The Morgan fingerprint density at radius 2 is 1.88 bits per heavy atom. The van der Waals surface area contributed by atoms with E-state index in [1.165, 1.54) is 17.8 Å². The lowest BCUT2D eigenvalue weighted by atomic mass is 10.2. The first-order chi connectivity index (χ1) is 16.4. The Morgan fingerprint density at radius 3 is 2.68 bits per heavy atom. The number of non-ortho nitro benzene ring substituents is 1. The van der Waals surface area contributed by atoms with Crippen LogP contribution in [0, 0.1) is 10.1 Å². The summed E-state index contributed by atoms with van der Waals surface area (Å²) in [5.74, 6) is 0.130. The van der Waals surface area contributed by atoms with E-state index in [1.54, 1.807) is 30.3 Å². The SMILES string of the molecule is O=C(CCC(=O)OCCCCCCSc1ccc([N+](=O)[O-])c2nonc12)Nc1cccc(Cl)c1. The lowest BCUT2D eigenvalue weighted by Gasteiger charge is -2.07. The highest BCUT2D eigenvalue weighted by atomic mass is 35.5. The van der Waals surface area contributed by atoms with Gasteiger partial charge in [-0.1, -0.05) is 30.5 Å². The molecule has 0 atom stereocenters. The van der Waals surface area contributed by atoms with Crippen molar-refractivity contribution in [2.24, 2.45) is 0 Å². The topological polar surface area (TPSA) is 137 Å². The third-order valence-corrected chi connectivity index (χ3v) is 6.15. The largest absolute Gasteiger partial charge is 0.466 e. The second-order valence-electron chi connectivity index (χ2n) is 7.34. The van der Waals surface area contributed by atoms with E-state index in [9.17, 15) is 19.7 Å². The predicted molar refractivity (Wildman–Crippen MR) is 128 cm³/mol. The molecule has 0 aliphatic rings. The summed E-state index contributed by atoms with van der Waals surface area (Å²) in [6, 6.07) is 9.86. The van der Waals surface area contributed by atoms with Gasteiger partial charge in [0.05, 0.1) is 18.0 Å². The van der Waals surface area contributed by atoms with Gasteiger partial charge in [0, 0.05) is 28.1 Å². The number of halogens is 1. The number of thioether (sulfide) groups is 1. The van der Waals surface area contributed by atoms with Gasteiger partial charge in [0.15, 0.2) is 5.52 Å². The Kier molecular flexibility index (Phi) is 9.65. The minimum atomic E-state index is -0.510. The number of carbonyl (C=O) groups is 2. The van der Waals surface area contributed by atoms with Gasteiger partial charge in [-0.05, 0) is 53.2 Å². The summed E-state index contributed by atoms with van der Waals surface area (Å²) < 4.78 is 9.84. The number of nitrogens with zero attached hydrogens (tertiary/aromatic N) is 3. The smallest absolute Gasteiger partial charge is 0.306 e. The summed E-state index contributed by atoms with van der Waals surface area (Å²) in [7, 11) is 0. The van der Waals surface area contributed by atoms with Crippen LogP contribution >= 0.6 is 23.4 Å². The van der Waals surface area contributed by atoms with Crippen molar-refractivity contribution >= 4 is 57.6 Å². The molecule has 0 spiro atoms. The van der Waals surface area contributed by atoms with Crippen LogP contribution in [0.15, 0.2) is 45.9 Å². The quantitative estimate of drug-likeness (QED) is 0.106. The van der Waals surface area contributed by atoms with Crippen LogP contribution in [-0.2, 0) is 14.3 Å². The zero-order valence-electron chi connectivity index (χ0n) is 18.2. The van der Waals surface area contributed by atoms with Crippen molar-refractivity contribution in [2.75, 3.05) is 17.7 Å². The van der Waals surface area contributed by atoms with E-state index in [-0.39, 0.29) is 30.0 Å². The van der Waals surface area contributed by atoms with Gasteiger partial charge in [-0.2, -0.15) is 0 Å². The first-order valence-electron chi connectivity index (χ1n) is 10.7. The van der Waals surface area contributed by atoms with Crippen LogP contribution < -0.4 is 5.32 Å². The Hall–Kier alpha value is -3.18. The van der Waals surface area contributed by atoms with E-state index in [2.05, 4.69) is 20.3 Å². The molecule has 1 heterocycles. The predicted octanol–water partition coefficient (Wildman–Crippen LogP) is 5.40. The van der Waals surface area contributed by atoms with Gasteiger partial charge in [-0.3, -0.25) is 19.7 Å². The molecule has 0 aliphatic heterocycles. The van der Waals surface area contributed by atoms with Crippen LogP contribution in [0.4, 0.5) is 11.4 Å². The summed E-state index contributed by atoms with van der Waals surface area (Å²) in [4.78, 5) is 35.0. The first kappa shape index (κ1) is 25.4. The lowest BCUT2D eigenvalue weighted by molar-refractivity contribution is -0.383. The van der Waals surface area contributed by atoms with Crippen molar-refractivity contribution in [3.8, 4) is 0 Å². The molecule has 2 aromatic carbocycles. The molecule has 1 aromatic heterocycles. The van der Waals surface area contributed by atoms with Crippen molar-refractivity contribution in [1.82, 2.24) is 10.3 Å². The van der Waals surface area contributed by atoms with Crippen LogP contribution in [0.1, 0.15) is 38.5 Å². The van der Waals surface area contributed by atoms with E-state index >= 15 is 0 Å². The van der Waals surface area contributed by atoms with Crippen molar-refractivity contribution < 1.29 is 23.9 Å². The summed E-state index contributed by atoms with van der Waals surface area (Å²) in [6.45, 7) is 0.315. The normalized spacial score (nSPS) is 10.9. The molecule has 0 saturated heterocycles. The maximum absolute atomic E-state index is 11.9. The molecule has 0 aliphatic carbocycles. The van der Waals surface area contributed by atoms with Gasteiger partial charge in [0.25, 0.3) is 0 Å². The van der Waals surface area contributed by atoms with Gasteiger partial charge in [-0.25, -0.2) is 4.63 Å². The van der Waals surface area contributed by atoms with E-state index < -0.39 is 10.9 Å². The van der Waals surface area contributed by atoms with Crippen molar-refractivity contribution in [2.45, 2.75) is 43.4 Å². The van der Waals surface area contributed by atoms with E-state index in [4.69, 9.17) is 16.3 Å². The molecule has 3 aromatic rings. The zero-order valence-corrected chi connectivity index (χ0v) is 19.8. The molecule has 12 heteroatoms. The average molecular weight is 507 g/mol. The van der Waals surface area contributed by atoms with E-state index in [0.717, 1.165) is 36.3 Å². The number of unbranched alkanes of at least 4 members (excludes halogenated alkanes) is 3. The molecular formula is C22H23ClN4O6S. The summed E-state index contributed by atoms with van der Waals surface area (Å²) in [5.41, 5.74) is 1.00. The fraction of sp³-hybridized carbons (Fsp3) is 0.364. The Morgan fingerprint density at radius 1 is 1.09 bits per heavy atom. The third kappa shape index (κ3) is 7.70. The van der Waals surface area contributed by atoms with Gasteiger partial charge >= 0.3 is 11.7 Å². The van der Waals surface area contributed by atoms with E-state index in [1.807, 2.05) is 0 Å². The minimum Gasteiger partial charge on any atom is -0.466 e. The van der Waals surface area contributed by atoms with Crippen LogP contribution in [0.2, 0.25) is 5.02 Å². The Balaban J connectivity index is 1.24. The summed E-state index contributed by atoms with van der Waals surface area (Å²) >= 11 is 7.41. The number of benzene rings is 2. The van der Waals surface area contributed by atoms with Crippen molar-refractivity contribution in [3.63, 3.8) is 0 Å². The number of amides is 1. The van der Waals surface area contributed by atoms with Gasteiger partial charge in [-0.15, -0.1) is 11.8 Å². The standard InChI is InChI=1S/C22H23ClN4O6S/c23-15-6-5-7-16(14-15)24-19(28)10-11-20(29)32-12-3-1-2-4-13-34-18-9-8-17(27(30)31)21-22(18)26-33-25-21/h5-9,14H,1-4,10-13H2,(H,24,28). The molecule has 1 N–H and O–H groups in total. The number of ether oxygens (including phenoxy) is 1. The highest BCUT2D eigenvalue weighted by Crippen LogP contribution is 2.32. The van der Waals surface area contributed by atoms with Crippen LogP contribution in [-0.4, -0.2) is 39.5 Å². The molecule has 3 rings (SSSR count). The number of carbonyl (C=O) groups excluding carboxylic acids is 2. The minimum absolute atomic E-state index is 0.0175. The fourth-order valence-corrected chi connectivity index (χ4v) is 4.29. The number of aromatic nitrogens is 2. The Labute approximate surface area is 204 Å². The third-order valence-electron chi connectivity index (χ3n) is 4.78. The maximum atomic E-state index is 11.9.